The Kier molecular flexibility index (Phi) is 6.16. The van der Waals surface area contributed by atoms with Crippen LogP contribution in [-0.2, 0) is 14.8 Å². The van der Waals surface area contributed by atoms with E-state index in [0.29, 0.717) is 0 Å². The minimum absolute atomic E-state index is 0.104. The number of benzene rings is 1. The van der Waals surface area contributed by atoms with Gasteiger partial charge in [0.25, 0.3) is 15.9 Å². The van der Waals surface area contributed by atoms with Crippen molar-refractivity contribution in [3.63, 3.8) is 0 Å². The van der Waals surface area contributed by atoms with Gasteiger partial charge in [0.2, 0.25) is 5.91 Å². The molecule has 0 radical (unpaired) electrons. The molecule has 0 aliphatic rings. The van der Waals surface area contributed by atoms with Crippen molar-refractivity contribution in [1.29, 1.82) is 0 Å². The Labute approximate surface area is 150 Å². The Hall–Kier alpha value is -2.39. The monoisotopic (exact) mass is 381 g/mol. The van der Waals surface area contributed by atoms with Gasteiger partial charge in [-0.1, -0.05) is 32.0 Å². The Morgan fingerprint density at radius 1 is 1.08 bits per heavy atom. The standard InChI is InChI=1S/C16H19N3O4S2/c1-11(2)10-14(20)17-18-16(21)12-6-3-4-7-13(12)19-25(22,23)15-8-5-9-24-15/h3-9,11,19H,10H2,1-2H3,(H,17,20)(H,18,21). The van der Waals surface area contributed by atoms with Crippen LogP contribution in [0.15, 0.2) is 46.0 Å². The van der Waals surface area contributed by atoms with E-state index >= 15 is 0 Å². The Balaban J connectivity index is 2.12. The van der Waals surface area contributed by atoms with Crippen molar-refractivity contribution in [2.75, 3.05) is 4.72 Å². The maximum absolute atomic E-state index is 12.3. The van der Waals surface area contributed by atoms with Gasteiger partial charge in [0.1, 0.15) is 4.21 Å². The minimum Gasteiger partial charge on any atom is -0.278 e. The highest BCUT2D eigenvalue weighted by Crippen LogP contribution is 2.22. The first-order valence-corrected chi connectivity index (χ1v) is 9.90. The number of rotatable bonds is 6. The van der Waals surface area contributed by atoms with Gasteiger partial charge in [-0.2, -0.15) is 0 Å². The maximum Gasteiger partial charge on any atom is 0.271 e. The third kappa shape index (κ3) is 5.30. The number of carbonyl (C=O) groups is 2. The Bertz CT molecular complexity index is 846. The van der Waals surface area contributed by atoms with Crippen molar-refractivity contribution in [3.05, 3.63) is 47.3 Å². The number of anilines is 1. The zero-order valence-electron chi connectivity index (χ0n) is 13.8. The fraction of sp³-hybridized carbons (Fsp3) is 0.250. The zero-order valence-corrected chi connectivity index (χ0v) is 15.4. The lowest BCUT2D eigenvalue weighted by molar-refractivity contribution is -0.122. The first-order valence-electron chi connectivity index (χ1n) is 7.54. The lowest BCUT2D eigenvalue weighted by atomic mass is 10.1. The van der Waals surface area contributed by atoms with Gasteiger partial charge in [-0.3, -0.25) is 25.2 Å². The molecule has 1 aromatic carbocycles. The zero-order chi connectivity index (χ0) is 18.4. The first-order chi connectivity index (χ1) is 11.8. The van der Waals surface area contributed by atoms with Gasteiger partial charge in [0.15, 0.2) is 0 Å². The average Bonchev–Trinajstić information content (AvgIpc) is 3.07. The van der Waals surface area contributed by atoms with Crippen molar-refractivity contribution in [1.82, 2.24) is 10.9 Å². The van der Waals surface area contributed by atoms with Crippen molar-refractivity contribution in [2.24, 2.45) is 5.92 Å². The van der Waals surface area contributed by atoms with E-state index in [2.05, 4.69) is 15.6 Å². The highest BCUT2D eigenvalue weighted by atomic mass is 32.2. The number of hydrazine groups is 1. The molecule has 7 nitrogen and oxygen atoms in total. The molecule has 2 amide bonds. The van der Waals surface area contributed by atoms with Gasteiger partial charge in [-0.15, -0.1) is 11.3 Å². The molecule has 0 saturated heterocycles. The fourth-order valence-corrected chi connectivity index (χ4v) is 4.07. The summed E-state index contributed by atoms with van der Waals surface area (Å²) in [5.41, 5.74) is 4.85. The lowest BCUT2D eigenvalue weighted by Gasteiger charge is -2.13. The second-order valence-corrected chi connectivity index (χ2v) is 8.54. The van der Waals surface area contributed by atoms with E-state index in [9.17, 15) is 18.0 Å². The van der Waals surface area contributed by atoms with Crippen molar-refractivity contribution >= 4 is 38.9 Å². The summed E-state index contributed by atoms with van der Waals surface area (Å²) in [6.45, 7) is 3.77. The predicted molar refractivity (Wildman–Crippen MR) is 96.6 cm³/mol. The maximum atomic E-state index is 12.3. The first kappa shape index (κ1) is 18.9. The molecule has 134 valence electrons. The second kappa shape index (κ2) is 8.13. The number of nitrogens with one attached hydrogen (secondary N) is 3. The van der Waals surface area contributed by atoms with Gasteiger partial charge >= 0.3 is 0 Å². The molecule has 0 spiro atoms. The van der Waals surface area contributed by atoms with E-state index in [1.54, 1.807) is 23.6 Å². The molecule has 2 aromatic rings. The van der Waals surface area contributed by atoms with Crippen LogP contribution < -0.4 is 15.6 Å². The molecule has 25 heavy (non-hydrogen) atoms. The Morgan fingerprint density at radius 3 is 2.44 bits per heavy atom. The molecule has 2 rings (SSSR count). The predicted octanol–water partition coefficient (Wildman–Crippen LogP) is 2.36. The van der Waals surface area contributed by atoms with Crippen LogP contribution in [0, 0.1) is 5.92 Å². The van der Waals surface area contributed by atoms with Gasteiger partial charge in [-0.05, 0) is 29.5 Å². The smallest absolute Gasteiger partial charge is 0.271 e. The van der Waals surface area contributed by atoms with Crippen LogP contribution in [0.4, 0.5) is 5.69 Å². The number of hydrogen-bond acceptors (Lipinski definition) is 5. The topological polar surface area (TPSA) is 104 Å². The van der Waals surface area contributed by atoms with Crippen LogP contribution in [-0.4, -0.2) is 20.2 Å². The summed E-state index contributed by atoms with van der Waals surface area (Å²) in [6, 6.07) is 9.27. The molecule has 0 bridgehead atoms. The van der Waals surface area contributed by atoms with Crippen LogP contribution in [0.3, 0.4) is 0 Å². The molecule has 0 fully saturated rings. The number of amides is 2. The molecule has 3 N–H and O–H groups in total. The Morgan fingerprint density at radius 2 is 1.80 bits per heavy atom. The molecular formula is C16H19N3O4S2. The molecule has 0 atom stereocenters. The van der Waals surface area contributed by atoms with Gasteiger partial charge < -0.3 is 0 Å². The summed E-state index contributed by atoms with van der Waals surface area (Å²) in [4.78, 5) is 23.9. The summed E-state index contributed by atoms with van der Waals surface area (Å²) in [5, 5.41) is 1.65. The summed E-state index contributed by atoms with van der Waals surface area (Å²) in [7, 11) is -3.77. The summed E-state index contributed by atoms with van der Waals surface area (Å²) >= 11 is 1.08. The summed E-state index contributed by atoms with van der Waals surface area (Å²) in [5.74, 6) is -0.775. The van der Waals surface area contributed by atoms with Crippen LogP contribution >= 0.6 is 11.3 Å². The highest BCUT2D eigenvalue weighted by molar-refractivity contribution is 7.94. The normalized spacial score (nSPS) is 11.2. The van der Waals surface area contributed by atoms with E-state index < -0.39 is 15.9 Å². The molecule has 0 unspecified atom stereocenters. The van der Waals surface area contributed by atoms with E-state index in [1.165, 1.54) is 18.2 Å². The largest absolute Gasteiger partial charge is 0.278 e. The molecule has 0 aliphatic carbocycles. The number of carbonyl (C=O) groups excluding carboxylic acids is 2. The fourth-order valence-electron chi connectivity index (χ4n) is 2.00. The van der Waals surface area contributed by atoms with Crippen molar-refractivity contribution in [3.8, 4) is 0 Å². The average molecular weight is 381 g/mol. The SMILES string of the molecule is CC(C)CC(=O)NNC(=O)c1ccccc1NS(=O)(=O)c1cccs1. The van der Waals surface area contributed by atoms with Crippen molar-refractivity contribution < 1.29 is 18.0 Å². The summed E-state index contributed by atoms with van der Waals surface area (Å²) < 4.78 is 27.2. The van der Waals surface area contributed by atoms with Gasteiger partial charge in [0.05, 0.1) is 11.3 Å². The van der Waals surface area contributed by atoms with Crippen LogP contribution in [0.1, 0.15) is 30.6 Å². The highest BCUT2D eigenvalue weighted by Gasteiger charge is 2.19. The van der Waals surface area contributed by atoms with Crippen molar-refractivity contribution in [2.45, 2.75) is 24.5 Å². The summed E-state index contributed by atoms with van der Waals surface area (Å²) in [6.07, 6.45) is 0.271. The van der Waals surface area contributed by atoms with Crippen LogP contribution in [0.2, 0.25) is 0 Å². The number of hydrogen-bond donors (Lipinski definition) is 3. The quantitative estimate of drug-likeness (QED) is 0.668. The number of thiophene rings is 1. The second-order valence-electron chi connectivity index (χ2n) is 5.68. The van der Waals surface area contributed by atoms with Crippen LogP contribution in [0.5, 0.6) is 0 Å². The van der Waals surface area contributed by atoms with E-state index in [0.717, 1.165) is 11.3 Å². The molecule has 1 aromatic heterocycles. The van der Waals surface area contributed by atoms with E-state index in [-0.39, 0.29) is 33.7 Å². The molecule has 0 aliphatic heterocycles. The number of para-hydroxylation sites is 1. The third-order valence-corrected chi connectivity index (χ3v) is 5.85. The molecule has 9 heteroatoms. The molecule has 1 heterocycles. The van der Waals surface area contributed by atoms with E-state index in [4.69, 9.17) is 0 Å². The third-order valence-electron chi connectivity index (χ3n) is 3.09. The van der Waals surface area contributed by atoms with Crippen LogP contribution in [0.25, 0.3) is 0 Å². The van der Waals surface area contributed by atoms with Gasteiger partial charge in [-0.25, -0.2) is 8.42 Å². The molecular weight excluding hydrogens is 362 g/mol. The lowest BCUT2D eigenvalue weighted by Crippen LogP contribution is -2.42. The van der Waals surface area contributed by atoms with E-state index in [1.807, 2.05) is 13.8 Å². The molecule has 0 saturated carbocycles. The minimum atomic E-state index is -3.77. The van der Waals surface area contributed by atoms with Gasteiger partial charge in [0, 0.05) is 6.42 Å². The number of sulfonamides is 1.